The maximum absolute atomic E-state index is 11.1. The molecule has 0 spiro atoms. The van der Waals surface area contributed by atoms with E-state index in [9.17, 15) is 4.79 Å². The van der Waals surface area contributed by atoms with Crippen LogP contribution in [0.3, 0.4) is 0 Å². The van der Waals surface area contributed by atoms with Crippen LogP contribution in [0.15, 0.2) is 52.9 Å². The van der Waals surface area contributed by atoms with Crippen molar-refractivity contribution >= 4 is 34.9 Å². The molecule has 0 unspecified atom stereocenters. The van der Waals surface area contributed by atoms with Crippen molar-refractivity contribution in [3.63, 3.8) is 0 Å². The zero-order valence-electron chi connectivity index (χ0n) is 18.6. The number of ether oxygens (including phenoxy) is 1. The number of carboxylic acid groups (broad SMARTS) is 1. The van der Waals surface area contributed by atoms with Gasteiger partial charge in [0.1, 0.15) is 15.0 Å². The highest BCUT2D eigenvalue weighted by atomic mass is 32.2. The molecule has 1 aliphatic carbocycles. The summed E-state index contributed by atoms with van der Waals surface area (Å²) in [6.07, 6.45) is 6.99. The molecule has 1 heterocycles. The second-order valence-electron chi connectivity index (χ2n) is 8.97. The van der Waals surface area contributed by atoms with Crippen LogP contribution in [0.1, 0.15) is 61.4 Å². The summed E-state index contributed by atoms with van der Waals surface area (Å²) in [5.74, 6) is 0.183. The number of anilines is 1. The van der Waals surface area contributed by atoms with Crippen LogP contribution in [-0.2, 0) is 0 Å². The Bertz CT molecular complexity index is 1080. The maximum Gasteiger partial charge on any atom is 0.335 e. The number of aromatic carboxylic acids is 1. The van der Waals surface area contributed by atoms with E-state index in [-0.39, 0.29) is 5.56 Å². The molecule has 5 nitrogen and oxygen atoms in total. The van der Waals surface area contributed by atoms with E-state index in [1.165, 1.54) is 56.4 Å². The Labute approximate surface area is 197 Å². The Kier molecular flexibility index (Phi) is 6.76. The Morgan fingerprint density at radius 3 is 2.56 bits per heavy atom. The lowest BCUT2D eigenvalue weighted by Crippen LogP contribution is -2.20. The van der Waals surface area contributed by atoms with Crippen LogP contribution in [0.2, 0.25) is 0 Å². The van der Waals surface area contributed by atoms with Crippen LogP contribution < -0.4 is 9.46 Å². The van der Waals surface area contributed by atoms with Crippen LogP contribution >= 0.6 is 23.3 Å². The molecule has 3 aromatic rings. The van der Waals surface area contributed by atoms with Gasteiger partial charge < -0.3 is 14.6 Å². The first-order valence-electron chi connectivity index (χ1n) is 10.7. The molecule has 0 amide bonds. The molecule has 4 rings (SSSR count). The van der Waals surface area contributed by atoms with Crippen molar-refractivity contribution in [3.8, 4) is 16.3 Å². The van der Waals surface area contributed by atoms with Crippen molar-refractivity contribution in [2.45, 2.75) is 49.7 Å². The van der Waals surface area contributed by atoms with Gasteiger partial charge in [-0.25, -0.2) is 9.78 Å². The van der Waals surface area contributed by atoms with E-state index in [2.05, 4.69) is 47.8 Å². The fraction of sp³-hybridized carbons (Fsp3) is 0.360. The summed E-state index contributed by atoms with van der Waals surface area (Å²) in [7, 11) is 1.53. The summed E-state index contributed by atoms with van der Waals surface area (Å²) in [5, 5.41) is 10.1. The SMILES string of the molecule is COc1cc(C(=O)O)ccc1NSc1cnc(-c2ccc(C3CCC(C)(C)CC3)cc2)s1. The third-order valence-electron chi connectivity index (χ3n) is 6.16. The first kappa shape index (κ1) is 22.7. The molecule has 2 aromatic carbocycles. The first-order chi connectivity index (χ1) is 15.3. The number of carboxylic acids is 1. The van der Waals surface area contributed by atoms with Gasteiger partial charge in [0, 0.05) is 5.56 Å². The minimum absolute atomic E-state index is 0.192. The van der Waals surface area contributed by atoms with Gasteiger partial charge in [-0.15, -0.1) is 11.3 Å². The van der Waals surface area contributed by atoms with Gasteiger partial charge in [-0.05, 0) is 72.7 Å². The van der Waals surface area contributed by atoms with Crippen molar-refractivity contribution in [2.24, 2.45) is 5.41 Å². The second-order valence-corrected chi connectivity index (χ2v) is 11.1. The number of nitrogens with zero attached hydrogens (tertiary/aromatic N) is 1. The van der Waals surface area contributed by atoms with Gasteiger partial charge in [0.05, 0.1) is 24.6 Å². The number of rotatable bonds is 7. The fourth-order valence-corrected chi connectivity index (χ4v) is 5.75. The molecule has 32 heavy (non-hydrogen) atoms. The molecule has 1 aliphatic rings. The van der Waals surface area contributed by atoms with E-state index in [0.717, 1.165) is 20.5 Å². The summed E-state index contributed by atoms with van der Waals surface area (Å²) in [5.41, 5.74) is 3.97. The normalized spacial score (nSPS) is 16.0. The zero-order chi connectivity index (χ0) is 22.7. The third-order valence-corrected chi connectivity index (χ3v) is 8.13. The number of hydrogen-bond donors (Lipinski definition) is 2. The smallest absolute Gasteiger partial charge is 0.335 e. The van der Waals surface area contributed by atoms with Gasteiger partial charge in [0.15, 0.2) is 0 Å². The average molecular weight is 469 g/mol. The van der Waals surface area contributed by atoms with Crippen LogP contribution in [0, 0.1) is 5.41 Å². The molecular formula is C25H28N2O3S2. The number of hydrogen-bond acceptors (Lipinski definition) is 6. The second kappa shape index (κ2) is 9.55. The number of carbonyl (C=O) groups is 1. The highest BCUT2D eigenvalue weighted by molar-refractivity contribution is 8.02. The van der Waals surface area contributed by atoms with Crippen molar-refractivity contribution in [2.75, 3.05) is 11.8 Å². The van der Waals surface area contributed by atoms with Crippen molar-refractivity contribution < 1.29 is 14.6 Å². The quantitative estimate of drug-likeness (QED) is 0.354. The Morgan fingerprint density at radius 2 is 1.91 bits per heavy atom. The van der Waals surface area contributed by atoms with Crippen molar-refractivity contribution in [3.05, 3.63) is 59.8 Å². The van der Waals surface area contributed by atoms with Gasteiger partial charge >= 0.3 is 5.97 Å². The van der Waals surface area contributed by atoms with Gasteiger partial charge in [-0.2, -0.15) is 0 Å². The van der Waals surface area contributed by atoms with Crippen LogP contribution in [0.25, 0.3) is 10.6 Å². The number of thiazole rings is 1. The predicted molar refractivity (Wildman–Crippen MR) is 132 cm³/mol. The molecule has 1 aromatic heterocycles. The zero-order valence-corrected chi connectivity index (χ0v) is 20.2. The largest absolute Gasteiger partial charge is 0.495 e. The van der Waals surface area contributed by atoms with Gasteiger partial charge in [-0.1, -0.05) is 38.1 Å². The molecule has 0 bridgehead atoms. The third kappa shape index (κ3) is 5.27. The minimum Gasteiger partial charge on any atom is -0.495 e. The van der Waals surface area contributed by atoms with Gasteiger partial charge in [0.25, 0.3) is 0 Å². The lowest BCUT2D eigenvalue weighted by molar-refractivity contribution is 0.0696. The molecule has 1 saturated carbocycles. The number of benzene rings is 2. The molecular weight excluding hydrogens is 440 g/mol. The number of nitrogens with one attached hydrogen (secondary N) is 1. The summed E-state index contributed by atoms with van der Waals surface area (Å²) < 4.78 is 9.58. The summed E-state index contributed by atoms with van der Waals surface area (Å²) >= 11 is 3.06. The van der Waals surface area contributed by atoms with Gasteiger partial charge in [-0.3, -0.25) is 0 Å². The summed E-state index contributed by atoms with van der Waals surface area (Å²) in [6.45, 7) is 4.75. The average Bonchev–Trinajstić information content (AvgIpc) is 3.26. The predicted octanol–water partition coefficient (Wildman–Crippen LogP) is 7.32. The van der Waals surface area contributed by atoms with E-state index in [1.807, 2.05) is 6.20 Å². The van der Waals surface area contributed by atoms with Crippen molar-refractivity contribution in [1.29, 1.82) is 0 Å². The van der Waals surface area contributed by atoms with E-state index < -0.39 is 5.97 Å². The van der Waals surface area contributed by atoms with E-state index in [4.69, 9.17) is 9.84 Å². The molecule has 168 valence electrons. The highest BCUT2D eigenvalue weighted by Gasteiger charge is 2.27. The Hall–Kier alpha value is -2.51. The van der Waals surface area contributed by atoms with Crippen LogP contribution in [0.4, 0.5) is 5.69 Å². The Morgan fingerprint density at radius 1 is 1.19 bits per heavy atom. The Balaban J connectivity index is 1.39. The maximum atomic E-state index is 11.1. The first-order valence-corrected chi connectivity index (χ1v) is 12.4. The van der Waals surface area contributed by atoms with E-state index in [1.54, 1.807) is 23.5 Å². The van der Waals surface area contributed by atoms with Crippen LogP contribution in [0.5, 0.6) is 5.75 Å². The monoisotopic (exact) mass is 468 g/mol. The van der Waals surface area contributed by atoms with E-state index >= 15 is 0 Å². The lowest BCUT2D eigenvalue weighted by atomic mass is 9.71. The number of aromatic nitrogens is 1. The number of methoxy groups -OCH3 is 1. The lowest BCUT2D eigenvalue weighted by Gasteiger charge is -2.34. The topological polar surface area (TPSA) is 71.5 Å². The fourth-order valence-electron chi connectivity index (χ4n) is 4.08. The van der Waals surface area contributed by atoms with E-state index in [0.29, 0.717) is 17.1 Å². The molecule has 7 heteroatoms. The highest BCUT2D eigenvalue weighted by Crippen LogP contribution is 2.43. The molecule has 0 radical (unpaired) electrons. The van der Waals surface area contributed by atoms with Crippen LogP contribution in [-0.4, -0.2) is 23.2 Å². The molecule has 0 atom stereocenters. The standard InChI is InChI=1S/C25H28N2O3S2/c1-25(2)12-10-17(11-13-25)16-4-6-18(7-5-16)23-26-15-22(31-23)32-27-20-9-8-19(24(28)29)14-21(20)30-3/h4-9,14-15,17,27H,10-13H2,1-3H3,(H,28,29). The van der Waals surface area contributed by atoms with Gasteiger partial charge in [0.2, 0.25) is 0 Å². The molecule has 1 fully saturated rings. The minimum atomic E-state index is -0.979. The molecule has 0 saturated heterocycles. The molecule has 0 aliphatic heterocycles. The summed E-state index contributed by atoms with van der Waals surface area (Å²) in [4.78, 5) is 15.7. The molecule has 2 N–H and O–H groups in total. The van der Waals surface area contributed by atoms with Crippen molar-refractivity contribution in [1.82, 2.24) is 4.98 Å². The summed E-state index contributed by atoms with van der Waals surface area (Å²) in [6, 6.07) is 13.7.